The molecule has 0 aromatic heterocycles. The number of guanidine groups is 1. The number of amides is 2. The second kappa shape index (κ2) is 16.3. The lowest BCUT2D eigenvalue weighted by atomic mass is 9.90. The van der Waals surface area contributed by atoms with E-state index in [2.05, 4.69) is 45.2 Å². The number of carbonyl (C=O) groups excluding carboxylic acids is 2. The van der Waals surface area contributed by atoms with E-state index in [1.54, 1.807) is 7.05 Å². The maximum Gasteiger partial charge on any atom is 0.246 e. The number of nitrogens with zero attached hydrogens (tertiary/aromatic N) is 2. The quantitative estimate of drug-likeness (QED) is 0.112. The number of aliphatic imine (C=N–C) groups is 1. The highest BCUT2D eigenvalue weighted by Crippen LogP contribution is 2.27. The summed E-state index contributed by atoms with van der Waals surface area (Å²) in [5.74, 6) is 0.412. The van der Waals surface area contributed by atoms with Crippen molar-refractivity contribution in [2.24, 2.45) is 10.7 Å². The number of benzene rings is 3. The van der Waals surface area contributed by atoms with Crippen molar-refractivity contribution in [3.8, 4) is 0 Å². The van der Waals surface area contributed by atoms with Crippen LogP contribution in [0.25, 0.3) is 6.08 Å². The van der Waals surface area contributed by atoms with Crippen molar-refractivity contribution in [2.75, 3.05) is 33.2 Å². The Labute approximate surface area is 255 Å². The molecule has 2 atom stereocenters. The molecule has 0 aliphatic carbocycles. The Morgan fingerprint density at radius 3 is 2.21 bits per heavy atom. The van der Waals surface area contributed by atoms with Crippen LogP contribution < -0.4 is 21.7 Å². The van der Waals surface area contributed by atoms with E-state index in [4.69, 9.17) is 5.73 Å². The van der Waals surface area contributed by atoms with E-state index in [9.17, 15) is 9.59 Å². The van der Waals surface area contributed by atoms with Gasteiger partial charge in [-0.15, -0.1) is 0 Å². The average Bonchev–Trinajstić information content (AvgIpc) is 3.19. The van der Waals surface area contributed by atoms with Gasteiger partial charge in [0.15, 0.2) is 5.96 Å². The molecule has 3 aromatic carbocycles. The highest BCUT2D eigenvalue weighted by Gasteiger charge is 2.32. The molecule has 8 nitrogen and oxygen atoms in total. The van der Waals surface area contributed by atoms with Crippen LogP contribution in [0.15, 0.2) is 102 Å². The van der Waals surface area contributed by atoms with Gasteiger partial charge in [-0.05, 0) is 49.0 Å². The van der Waals surface area contributed by atoms with Gasteiger partial charge in [-0.2, -0.15) is 0 Å². The fourth-order valence-corrected chi connectivity index (χ4v) is 5.45. The first-order valence-electron chi connectivity index (χ1n) is 15.1. The topological polar surface area (TPSA) is 112 Å². The van der Waals surface area contributed by atoms with Crippen LogP contribution in [0.5, 0.6) is 0 Å². The Morgan fingerprint density at radius 2 is 1.60 bits per heavy atom. The summed E-state index contributed by atoms with van der Waals surface area (Å²) >= 11 is 0. The predicted molar refractivity (Wildman–Crippen MR) is 175 cm³/mol. The van der Waals surface area contributed by atoms with Gasteiger partial charge in [-0.3, -0.25) is 14.6 Å². The normalized spacial score (nSPS) is 17.9. The lowest BCUT2D eigenvalue weighted by Crippen LogP contribution is -2.49. The van der Waals surface area contributed by atoms with Gasteiger partial charge >= 0.3 is 0 Å². The van der Waals surface area contributed by atoms with E-state index in [1.807, 2.05) is 84.6 Å². The molecule has 4 rings (SSSR count). The molecule has 0 bridgehead atoms. The van der Waals surface area contributed by atoms with Crippen LogP contribution in [0.2, 0.25) is 0 Å². The van der Waals surface area contributed by atoms with Gasteiger partial charge in [0.1, 0.15) is 0 Å². The first kappa shape index (κ1) is 31.5. The number of nitrogens with two attached hydrogens (primary N) is 1. The van der Waals surface area contributed by atoms with Crippen molar-refractivity contribution in [3.05, 3.63) is 113 Å². The minimum atomic E-state index is -0.376. The molecule has 1 aliphatic heterocycles. The van der Waals surface area contributed by atoms with Crippen LogP contribution in [0.4, 0.5) is 0 Å². The minimum Gasteiger partial charge on any atom is -0.370 e. The third-order valence-corrected chi connectivity index (χ3v) is 7.87. The van der Waals surface area contributed by atoms with Gasteiger partial charge in [-0.1, -0.05) is 91.0 Å². The Morgan fingerprint density at radius 1 is 1.00 bits per heavy atom. The number of nitrogens with one attached hydrogen (secondary N) is 3. The first-order chi connectivity index (χ1) is 20.9. The summed E-state index contributed by atoms with van der Waals surface area (Å²) in [4.78, 5) is 32.9. The molecule has 1 heterocycles. The Hall–Kier alpha value is -4.43. The lowest BCUT2D eigenvalue weighted by molar-refractivity contribution is -0.133. The molecule has 1 aliphatic rings. The summed E-state index contributed by atoms with van der Waals surface area (Å²) in [6.07, 6.45) is 3.99. The summed E-state index contributed by atoms with van der Waals surface area (Å²) in [5, 5.41) is 9.75. The van der Waals surface area contributed by atoms with Crippen molar-refractivity contribution in [3.63, 3.8) is 0 Å². The van der Waals surface area contributed by atoms with Crippen LogP contribution in [0.3, 0.4) is 0 Å². The largest absolute Gasteiger partial charge is 0.370 e. The first-order valence-corrected chi connectivity index (χ1v) is 15.1. The van der Waals surface area contributed by atoms with Gasteiger partial charge in [0.25, 0.3) is 0 Å². The molecule has 1 saturated heterocycles. The van der Waals surface area contributed by atoms with E-state index < -0.39 is 0 Å². The van der Waals surface area contributed by atoms with E-state index in [1.165, 1.54) is 11.1 Å². The Bertz CT molecular complexity index is 1320. The lowest BCUT2D eigenvalue weighted by Gasteiger charge is -2.29. The molecule has 3 aromatic rings. The van der Waals surface area contributed by atoms with Crippen LogP contribution >= 0.6 is 0 Å². The van der Waals surface area contributed by atoms with Crippen LogP contribution in [-0.2, 0) is 9.59 Å². The van der Waals surface area contributed by atoms with Gasteiger partial charge in [0.2, 0.25) is 11.8 Å². The summed E-state index contributed by atoms with van der Waals surface area (Å²) in [7, 11) is 1.64. The van der Waals surface area contributed by atoms with Crippen molar-refractivity contribution in [1.82, 2.24) is 20.9 Å². The molecule has 8 heteroatoms. The van der Waals surface area contributed by atoms with Crippen LogP contribution in [0, 0.1) is 0 Å². The smallest absolute Gasteiger partial charge is 0.246 e. The number of rotatable bonds is 12. The predicted octanol–water partition coefficient (Wildman–Crippen LogP) is 3.91. The summed E-state index contributed by atoms with van der Waals surface area (Å²) in [5.41, 5.74) is 9.78. The van der Waals surface area contributed by atoms with Gasteiger partial charge in [0.05, 0.1) is 6.04 Å². The second-order valence-corrected chi connectivity index (χ2v) is 11.0. The van der Waals surface area contributed by atoms with Crippen LogP contribution in [-0.4, -0.2) is 68.0 Å². The zero-order valence-corrected chi connectivity index (χ0v) is 25.2. The minimum absolute atomic E-state index is 0.0467. The van der Waals surface area contributed by atoms with Crippen molar-refractivity contribution >= 4 is 23.8 Å². The highest BCUT2D eigenvalue weighted by atomic mass is 16.2. The Balaban J connectivity index is 1.48. The number of carbonyl (C=O) groups is 2. The van der Waals surface area contributed by atoms with Gasteiger partial charge in [-0.25, -0.2) is 0 Å². The zero-order chi connectivity index (χ0) is 30.4. The SMILES string of the molecule is CN=C(N)NCCCC1NC(CNC(=O)/C(C)=C/c2ccccc2)CCN(CC(c2ccccc2)c2ccccc2)C1=O. The highest BCUT2D eigenvalue weighted by molar-refractivity contribution is 5.97. The van der Waals surface area contributed by atoms with Crippen LogP contribution in [0.1, 0.15) is 48.8 Å². The molecule has 1 fully saturated rings. The van der Waals surface area contributed by atoms with E-state index in [0.29, 0.717) is 44.1 Å². The fourth-order valence-electron chi connectivity index (χ4n) is 5.45. The van der Waals surface area contributed by atoms with Crippen molar-refractivity contribution < 1.29 is 9.59 Å². The molecular formula is C35H44N6O2. The maximum atomic E-state index is 14.0. The molecule has 0 radical (unpaired) electrons. The molecule has 226 valence electrons. The molecule has 2 amide bonds. The number of hydrogen-bond donors (Lipinski definition) is 4. The monoisotopic (exact) mass is 580 g/mol. The van der Waals surface area contributed by atoms with Crippen molar-refractivity contribution in [1.29, 1.82) is 0 Å². The van der Waals surface area contributed by atoms with Crippen molar-refractivity contribution in [2.45, 2.75) is 44.2 Å². The summed E-state index contributed by atoms with van der Waals surface area (Å²) in [6, 6.07) is 30.1. The fraction of sp³-hybridized carbons (Fsp3) is 0.343. The Kier molecular flexibility index (Phi) is 11.9. The molecule has 5 N–H and O–H groups in total. The van der Waals surface area contributed by atoms with Gasteiger partial charge in [0, 0.05) is 50.8 Å². The maximum absolute atomic E-state index is 14.0. The second-order valence-electron chi connectivity index (χ2n) is 11.0. The summed E-state index contributed by atoms with van der Waals surface area (Å²) < 4.78 is 0. The average molecular weight is 581 g/mol. The third kappa shape index (κ3) is 9.54. The van der Waals surface area contributed by atoms with E-state index >= 15 is 0 Å². The molecule has 0 spiro atoms. The molecule has 2 unspecified atom stereocenters. The molecule has 43 heavy (non-hydrogen) atoms. The third-order valence-electron chi connectivity index (χ3n) is 7.87. The van der Waals surface area contributed by atoms with E-state index in [0.717, 1.165) is 18.4 Å². The zero-order valence-electron chi connectivity index (χ0n) is 25.2. The van der Waals surface area contributed by atoms with E-state index in [-0.39, 0.29) is 29.8 Å². The van der Waals surface area contributed by atoms with Gasteiger partial charge < -0.3 is 26.6 Å². The molecule has 0 saturated carbocycles. The molecular weight excluding hydrogens is 536 g/mol. The summed E-state index contributed by atoms with van der Waals surface area (Å²) in [6.45, 7) is 4.06. The standard InChI is InChI=1S/C35H44N6O2/c1-26(23-27-13-6-3-7-14-27)33(42)39-24-30-20-22-41(34(43)32(40-30)19-12-21-38-35(36)37-2)25-31(28-15-8-4-9-16-28)29-17-10-5-11-18-29/h3-11,13-18,23,30-32,40H,12,19-22,24-25H2,1-2H3,(H,39,42)(H3,36,37,38)/b26-23+. The number of hydrogen-bond acceptors (Lipinski definition) is 4.